The zero-order valence-electron chi connectivity index (χ0n) is 14.5. The topological polar surface area (TPSA) is 9.23 Å². The van der Waals surface area contributed by atoms with E-state index >= 15 is 0 Å². The minimum absolute atomic E-state index is 0.422. The lowest BCUT2D eigenvalue weighted by molar-refractivity contribution is -0.0906. The number of fused-ring (bicyclic) bond motifs is 1. The van der Waals surface area contributed by atoms with Crippen LogP contribution in [-0.2, 0) is 4.74 Å². The maximum Gasteiger partial charge on any atom is 0.0646 e. The molecule has 2 fully saturated rings. The van der Waals surface area contributed by atoms with Crippen LogP contribution in [0.5, 0.6) is 0 Å². The highest BCUT2D eigenvalue weighted by Crippen LogP contribution is 2.41. The Balaban J connectivity index is 1.81. The van der Waals surface area contributed by atoms with Crippen molar-refractivity contribution in [2.24, 2.45) is 17.8 Å². The van der Waals surface area contributed by atoms with Gasteiger partial charge in [0.2, 0.25) is 0 Å². The Morgan fingerprint density at radius 2 is 2.14 bits per heavy atom. The first-order chi connectivity index (χ1) is 9.95. The Morgan fingerprint density at radius 3 is 2.86 bits per heavy atom. The second kappa shape index (κ2) is 7.63. The van der Waals surface area contributed by atoms with Gasteiger partial charge in [-0.15, -0.1) is 0 Å². The van der Waals surface area contributed by atoms with Gasteiger partial charge in [0.05, 0.1) is 12.2 Å². The van der Waals surface area contributed by atoms with E-state index in [0.717, 1.165) is 18.3 Å². The molecule has 0 unspecified atom stereocenters. The molecule has 2 rings (SSSR count). The van der Waals surface area contributed by atoms with E-state index in [-0.39, 0.29) is 0 Å². The second-order valence-electron chi connectivity index (χ2n) is 7.88. The molecule has 0 aromatic heterocycles. The van der Waals surface area contributed by atoms with Crippen LogP contribution >= 0.6 is 0 Å². The average molecular weight is 290 g/mol. The van der Waals surface area contributed by atoms with Crippen molar-refractivity contribution in [3.63, 3.8) is 0 Å². The fourth-order valence-corrected chi connectivity index (χ4v) is 4.05. The van der Waals surface area contributed by atoms with E-state index in [1.807, 2.05) is 0 Å². The normalized spacial score (nSPS) is 34.2. The minimum Gasteiger partial charge on any atom is -0.374 e. The summed E-state index contributed by atoms with van der Waals surface area (Å²) in [4.78, 5) is 0. The summed E-state index contributed by atoms with van der Waals surface area (Å²) in [5.74, 6) is 2.22. The first-order valence-corrected chi connectivity index (χ1v) is 8.92. The third-order valence-electron chi connectivity index (χ3n) is 5.31. The highest BCUT2D eigenvalue weighted by molar-refractivity contribution is 5.10. The van der Waals surface area contributed by atoms with Gasteiger partial charge in [0.15, 0.2) is 0 Å². The lowest BCUT2D eigenvalue weighted by atomic mass is 9.74. The van der Waals surface area contributed by atoms with Crippen molar-refractivity contribution in [2.75, 3.05) is 0 Å². The number of rotatable bonds is 5. The third-order valence-corrected chi connectivity index (χ3v) is 5.31. The summed E-state index contributed by atoms with van der Waals surface area (Å²) >= 11 is 0. The standard InChI is InChI=1S/C20H34O/c1-14(2)7-6-8-15(3)11-18-13-17(5)19-10-9-16(4)12-20(19)21-18/h7,15-16,18-20H,5-6,8-13H2,1-4H3/t15-,16-,18+,19+,20+/m0/s1. The van der Waals surface area contributed by atoms with Gasteiger partial charge in [0.25, 0.3) is 0 Å². The lowest BCUT2D eigenvalue weighted by Gasteiger charge is -2.43. The molecule has 1 heteroatoms. The number of ether oxygens (including phenoxy) is 1. The van der Waals surface area contributed by atoms with E-state index in [2.05, 4.69) is 40.3 Å². The molecule has 0 aromatic carbocycles. The molecule has 0 N–H and O–H groups in total. The predicted molar refractivity (Wildman–Crippen MR) is 91.4 cm³/mol. The van der Waals surface area contributed by atoms with E-state index in [1.165, 1.54) is 49.7 Å². The molecule has 1 saturated heterocycles. The molecule has 0 spiro atoms. The van der Waals surface area contributed by atoms with Crippen molar-refractivity contribution in [1.82, 2.24) is 0 Å². The van der Waals surface area contributed by atoms with Crippen LogP contribution in [0.15, 0.2) is 23.8 Å². The van der Waals surface area contributed by atoms with Crippen LogP contribution in [0.25, 0.3) is 0 Å². The molecule has 1 heterocycles. The highest BCUT2D eigenvalue weighted by Gasteiger charge is 2.37. The zero-order chi connectivity index (χ0) is 15.4. The van der Waals surface area contributed by atoms with E-state index < -0.39 is 0 Å². The van der Waals surface area contributed by atoms with Crippen LogP contribution in [0.4, 0.5) is 0 Å². The summed E-state index contributed by atoms with van der Waals surface area (Å²) < 4.78 is 6.45. The Morgan fingerprint density at radius 1 is 1.38 bits per heavy atom. The summed E-state index contributed by atoms with van der Waals surface area (Å²) in [7, 11) is 0. The van der Waals surface area contributed by atoms with E-state index in [0.29, 0.717) is 18.1 Å². The molecule has 0 bridgehead atoms. The summed E-state index contributed by atoms with van der Waals surface area (Å²) in [6.07, 6.45) is 11.9. The fraction of sp³-hybridized carbons (Fsp3) is 0.800. The molecular weight excluding hydrogens is 256 g/mol. The number of hydrogen-bond acceptors (Lipinski definition) is 1. The molecule has 1 saturated carbocycles. The predicted octanol–water partition coefficient (Wildman–Crippen LogP) is 5.91. The molecule has 0 radical (unpaired) electrons. The fourth-order valence-electron chi connectivity index (χ4n) is 4.05. The third kappa shape index (κ3) is 4.98. The van der Waals surface area contributed by atoms with Gasteiger partial charge in [-0.05, 0) is 70.6 Å². The van der Waals surface area contributed by atoms with Gasteiger partial charge < -0.3 is 4.74 Å². The monoisotopic (exact) mass is 290 g/mol. The molecule has 0 aromatic rings. The zero-order valence-corrected chi connectivity index (χ0v) is 14.5. The van der Waals surface area contributed by atoms with Crippen LogP contribution in [0, 0.1) is 17.8 Å². The summed E-state index contributed by atoms with van der Waals surface area (Å²) in [5, 5.41) is 0. The average Bonchev–Trinajstić information content (AvgIpc) is 2.37. The SMILES string of the molecule is C=C1C[C@@H](C[C@@H](C)CCC=C(C)C)O[C@@H]2C[C@@H](C)CC[C@H]12. The highest BCUT2D eigenvalue weighted by atomic mass is 16.5. The molecule has 2 aliphatic rings. The Hall–Kier alpha value is -0.560. The summed E-state index contributed by atoms with van der Waals surface area (Å²) in [6.45, 7) is 13.5. The summed E-state index contributed by atoms with van der Waals surface area (Å²) in [5.41, 5.74) is 2.91. The van der Waals surface area contributed by atoms with Crippen molar-refractivity contribution >= 4 is 0 Å². The molecular formula is C20H34O. The Bertz CT molecular complexity index is 377. The van der Waals surface area contributed by atoms with Gasteiger partial charge in [0.1, 0.15) is 0 Å². The lowest BCUT2D eigenvalue weighted by Crippen LogP contribution is -2.40. The van der Waals surface area contributed by atoms with Crippen molar-refractivity contribution in [3.8, 4) is 0 Å². The van der Waals surface area contributed by atoms with Crippen LogP contribution in [0.1, 0.15) is 72.6 Å². The number of hydrogen-bond donors (Lipinski definition) is 0. The van der Waals surface area contributed by atoms with Gasteiger partial charge in [-0.25, -0.2) is 0 Å². The molecule has 1 nitrogen and oxygen atoms in total. The number of allylic oxidation sites excluding steroid dienone is 2. The van der Waals surface area contributed by atoms with Gasteiger partial charge in [-0.3, -0.25) is 0 Å². The molecule has 21 heavy (non-hydrogen) atoms. The molecule has 5 atom stereocenters. The molecule has 0 amide bonds. The van der Waals surface area contributed by atoms with E-state index in [1.54, 1.807) is 0 Å². The first kappa shape index (κ1) is 16.8. The van der Waals surface area contributed by atoms with Gasteiger partial charge >= 0.3 is 0 Å². The van der Waals surface area contributed by atoms with Gasteiger partial charge in [0, 0.05) is 5.92 Å². The Labute approximate surface area is 131 Å². The van der Waals surface area contributed by atoms with Crippen LogP contribution in [0.3, 0.4) is 0 Å². The molecule has 120 valence electrons. The van der Waals surface area contributed by atoms with Crippen molar-refractivity contribution < 1.29 is 4.74 Å². The smallest absolute Gasteiger partial charge is 0.0646 e. The van der Waals surface area contributed by atoms with E-state index in [4.69, 9.17) is 4.74 Å². The van der Waals surface area contributed by atoms with Crippen molar-refractivity contribution in [2.45, 2.75) is 84.8 Å². The summed E-state index contributed by atoms with van der Waals surface area (Å²) in [6, 6.07) is 0. The second-order valence-corrected chi connectivity index (χ2v) is 7.88. The maximum absolute atomic E-state index is 6.45. The molecule has 1 aliphatic carbocycles. The first-order valence-electron chi connectivity index (χ1n) is 8.92. The van der Waals surface area contributed by atoms with E-state index in [9.17, 15) is 0 Å². The van der Waals surface area contributed by atoms with Crippen molar-refractivity contribution in [1.29, 1.82) is 0 Å². The Kier molecular flexibility index (Phi) is 6.10. The molecule has 1 aliphatic heterocycles. The van der Waals surface area contributed by atoms with Gasteiger partial charge in [-0.2, -0.15) is 0 Å². The van der Waals surface area contributed by atoms with Crippen molar-refractivity contribution in [3.05, 3.63) is 23.8 Å². The van der Waals surface area contributed by atoms with Crippen LogP contribution < -0.4 is 0 Å². The van der Waals surface area contributed by atoms with Crippen LogP contribution in [0.2, 0.25) is 0 Å². The quantitative estimate of drug-likeness (QED) is 0.572. The van der Waals surface area contributed by atoms with Gasteiger partial charge in [-0.1, -0.05) is 37.6 Å². The maximum atomic E-state index is 6.45. The van der Waals surface area contributed by atoms with Crippen LogP contribution in [-0.4, -0.2) is 12.2 Å². The minimum atomic E-state index is 0.422. The largest absolute Gasteiger partial charge is 0.374 e.